The van der Waals surface area contributed by atoms with Crippen molar-refractivity contribution in [3.05, 3.63) is 58.3 Å². The van der Waals surface area contributed by atoms with Crippen LogP contribution in [0.15, 0.2) is 46.9 Å². The molecule has 1 atom stereocenters. The quantitative estimate of drug-likeness (QED) is 0.653. The molecule has 19 heavy (non-hydrogen) atoms. The van der Waals surface area contributed by atoms with Crippen molar-refractivity contribution in [1.82, 2.24) is 10.2 Å². The summed E-state index contributed by atoms with van der Waals surface area (Å²) in [6.45, 7) is 0. The number of nitrogens with zero attached hydrogens (tertiary/aromatic N) is 2. The van der Waals surface area contributed by atoms with E-state index in [9.17, 15) is 0 Å². The molecule has 96 valence electrons. The maximum absolute atomic E-state index is 6.39. The minimum Gasteiger partial charge on any atom is -0.442 e. The SMILES string of the molecule is Clc1ccc(-c2nnc(C(Cl)c3ccccc3)s2)o1. The number of hydrogen-bond acceptors (Lipinski definition) is 4. The highest BCUT2D eigenvalue weighted by atomic mass is 35.5. The summed E-state index contributed by atoms with van der Waals surface area (Å²) >= 11 is 13.5. The number of alkyl halides is 1. The van der Waals surface area contributed by atoms with Crippen LogP contribution in [0.5, 0.6) is 0 Å². The molecular weight excluding hydrogens is 303 g/mol. The average molecular weight is 311 g/mol. The molecule has 0 amide bonds. The van der Waals surface area contributed by atoms with Crippen molar-refractivity contribution >= 4 is 34.5 Å². The minimum atomic E-state index is -0.308. The Labute approximate surface area is 123 Å². The number of furan rings is 1. The molecule has 0 aliphatic rings. The lowest BCUT2D eigenvalue weighted by molar-refractivity contribution is 0.583. The van der Waals surface area contributed by atoms with Gasteiger partial charge in [0.2, 0.25) is 0 Å². The van der Waals surface area contributed by atoms with Gasteiger partial charge in [0.1, 0.15) is 10.4 Å². The Bertz CT molecular complexity index is 681. The summed E-state index contributed by atoms with van der Waals surface area (Å²) < 4.78 is 5.30. The van der Waals surface area contributed by atoms with Crippen molar-refractivity contribution in [2.45, 2.75) is 5.38 Å². The molecule has 2 heterocycles. The molecular formula is C13H8Cl2N2OS. The normalized spacial score (nSPS) is 12.5. The van der Waals surface area contributed by atoms with Crippen LogP contribution in [0.1, 0.15) is 15.9 Å². The smallest absolute Gasteiger partial charge is 0.194 e. The van der Waals surface area contributed by atoms with Crippen LogP contribution < -0.4 is 0 Å². The van der Waals surface area contributed by atoms with Gasteiger partial charge >= 0.3 is 0 Å². The second-order valence-corrected chi connectivity index (χ2v) is 5.64. The van der Waals surface area contributed by atoms with Crippen LogP contribution in [-0.2, 0) is 0 Å². The van der Waals surface area contributed by atoms with E-state index in [-0.39, 0.29) is 5.38 Å². The molecule has 3 rings (SSSR count). The van der Waals surface area contributed by atoms with Crippen LogP contribution in [0.2, 0.25) is 5.22 Å². The number of hydrogen-bond donors (Lipinski definition) is 0. The first-order valence-electron chi connectivity index (χ1n) is 5.52. The largest absolute Gasteiger partial charge is 0.442 e. The predicted octanol–water partition coefficient (Wildman–Crippen LogP) is 4.78. The Morgan fingerprint density at radius 2 is 1.84 bits per heavy atom. The summed E-state index contributed by atoms with van der Waals surface area (Å²) in [5, 5.41) is 9.61. The van der Waals surface area contributed by atoms with E-state index in [1.165, 1.54) is 11.3 Å². The van der Waals surface area contributed by atoms with Gasteiger partial charge in [0, 0.05) is 0 Å². The molecule has 0 fully saturated rings. The van der Waals surface area contributed by atoms with Gasteiger partial charge in [0.15, 0.2) is 16.0 Å². The molecule has 1 aromatic carbocycles. The van der Waals surface area contributed by atoms with E-state index < -0.39 is 0 Å². The Balaban J connectivity index is 1.89. The van der Waals surface area contributed by atoms with Crippen LogP contribution in [0.4, 0.5) is 0 Å². The lowest BCUT2D eigenvalue weighted by atomic mass is 10.1. The van der Waals surface area contributed by atoms with E-state index in [0.717, 1.165) is 10.6 Å². The number of aromatic nitrogens is 2. The fraction of sp³-hybridized carbons (Fsp3) is 0.0769. The molecule has 6 heteroatoms. The molecule has 0 spiro atoms. The molecule has 0 saturated heterocycles. The van der Waals surface area contributed by atoms with Crippen LogP contribution in [0.3, 0.4) is 0 Å². The molecule has 1 unspecified atom stereocenters. The van der Waals surface area contributed by atoms with Gasteiger partial charge < -0.3 is 4.42 Å². The predicted molar refractivity (Wildman–Crippen MR) is 76.8 cm³/mol. The van der Waals surface area contributed by atoms with E-state index >= 15 is 0 Å². The molecule has 0 saturated carbocycles. The van der Waals surface area contributed by atoms with Gasteiger partial charge in [0.05, 0.1) is 0 Å². The van der Waals surface area contributed by atoms with Gasteiger partial charge in [-0.05, 0) is 29.3 Å². The number of rotatable bonds is 3. The van der Waals surface area contributed by atoms with E-state index in [1.807, 2.05) is 30.3 Å². The van der Waals surface area contributed by atoms with Gasteiger partial charge in [-0.25, -0.2) is 0 Å². The minimum absolute atomic E-state index is 0.308. The van der Waals surface area contributed by atoms with E-state index in [0.29, 0.717) is 16.0 Å². The highest BCUT2D eigenvalue weighted by molar-refractivity contribution is 7.15. The molecule has 0 bridgehead atoms. The maximum atomic E-state index is 6.39. The van der Waals surface area contributed by atoms with Crippen LogP contribution in [-0.4, -0.2) is 10.2 Å². The second kappa shape index (κ2) is 5.33. The van der Waals surface area contributed by atoms with E-state index in [4.69, 9.17) is 27.6 Å². The van der Waals surface area contributed by atoms with Gasteiger partial charge in [-0.3, -0.25) is 0 Å². The topological polar surface area (TPSA) is 38.9 Å². The molecule has 0 aliphatic carbocycles. The first-order valence-corrected chi connectivity index (χ1v) is 7.15. The highest BCUT2D eigenvalue weighted by Crippen LogP contribution is 2.34. The zero-order valence-corrected chi connectivity index (χ0v) is 11.9. The fourth-order valence-corrected chi connectivity index (χ4v) is 2.91. The van der Waals surface area contributed by atoms with Gasteiger partial charge in [-0.2, -0.15) is 0 Å². The number of benzene rings is 1. The molecule has 2 aromatic heterocycles. The highest BCUT2D eigenvalue weighted by Gasteiger charge is 2.18. The molecule has 3 nitrogen and oxygen atoms in total. The van der Waals surface area contributed by atoms with Gasteiger partial charge in [-0.1, -0.05) is 41.7 Å². The zero-order chi connectivity index (χ0) is 13.2. The average Bonchev–Trinajstić information content (AvgIpc) is 3.07. The van der Waals surface area contributed by atoms with E-state index in [1.54, 1.807) is 12.1 Å². The second-order valence-electron chi connectivity index (χ2n) is 3.82. The summed E-state index contributed by atoms with van der Waals surface area (Å²) in [5.41, 5.74) is 0.990. The van der Waals surface area contributed by atoms with Crippen LogP contribution >= 0.6 is 34.5 Å². The zero-order valence-electron chi connectivity index (χ0n) is 9.59. The summed E-state index contributed by atoms with van der Waals surface area (Å²) in [5.74, 6) is 0.602. The van der Waals surface area contributed by atoms with E-state index in [2.05, 4.69) is 10.2 Å². The summed E-state index contributed by atoms with van der Waals surface area (Å²) in [4.78, 5) is 0. The Morgan fingerprint density at radius 3 is 2.53 bits per heavy atom. The Kier molecular flexibility index (Phi) is 3.55. The summed E-state index contributed by atoms with van der Waals surface area (Å²) in [6, 6.07) is 13.2. The first-order chi connectivity index (χ1) is 9.24. The van der Waals surface area contributed by atoms with Crippen molar-refractivity contribution in [2.75, 3.05) is 0 Å². The van der Waals surface area contributed by atoms with Crippen molar-refractivity contribution in [2.24, 2.45) is 0 Å². The molecule has 0 N–H and O–H groups in total. The van der Waals surface area contributed by atoms with Crippen molar-refractivity contribution in [3.8, 4) is 10.8 Å². The van der Waals surface area contributed by atoms with Gasteiger partial charge in [0.25, 0.3) is 0 Å². The third kappa shape index (κ3) is 2.66. The monoisotopic (exact) mass is 310 g/mol. The lowest BCUT2D eigenvalue weighted by Gasteiger charge is -2.04. The van der Waals surface area contributed by atoms with Crippen molar-refractivity contribution < 1.29 is 4.42 Å². The first kappa shape index (κ1) is 12.7. The molecule has 0 aliphatic heterocycles. The third-order valence-corrected chi connectivity index (χ3v) is 4.33. The third-order valence-electron chi connectivity index (χ3n) is 2.53. The van der Waals surface area contributed by atoms with Crippen LogP contribution in [0.25, 0.3) is 10.8 Å². The van der Waals surface area contributed by atoms with Gasteiger partial charge in [-0.15, -0.1) is 21.8 Å². The van der Waals surface area contributed by atoms with Crippen LogP contribution in [0, 0.1) is 0 Å². The summed E-state index contributed by atoms with van der Waals surface area (Å²) in [6.07, 6.45) is 0. The Morgan fingerprint density at radius 1 is 1.05 bits per heavy atom. The molecule has 3 aromatic rings. The number of halogens is 2. The fourth-order valence-electron chi connectivity index (χ4n) is 1.63. The summed E-state index contributed by atoms with van der Waals surface area (Å²) in [7, 11) is 0. The molecule has 0 radical (unpaired) electrons. The van der Waals surface area contributed by atoms with Crippen molar-refractivity contribution in [3.63, 3.8) is 0 Å². The lowest BCUT2D eigenvalue weighted by Crippen LogP contribution is -1.91. The maximum Gasteiger partial charge on any atom is 0.194 e. The standard InChI is InChI=1S/C13H8Cl2N2OS/c14-10-7-6-9(18-10)12-16-17-13(19-12)11(15)8-4-2-1-3-5-8/h1-7,11H. The van der Waals surface area contributed by atoms with Crippen molar-refractivity contribution in [1.29, 1.82) is 0 Å². The Hall–Kier alpha value is -1.36.